The van der Waals surface area contributed by atoms with Crippen LogP contribution < -0.4 is 0 Å². The molecule has 0 bridgehead atoms. The molecule has 1 rings (SSSR count). The zero-order chi connectivity index (χ0) is 10.6. The number of hydrogen-bond donors (Lipinski definition) is 0. The fraction of sp³-hybridized carbons (Fsp3) is 0.800. The number of ether oxygens (including phenoxy) is 2. The standard InChI is InChI=1S/C10H16O4/c1-3-7-5-9(11)14-8(4-2)6-10(12)13-7/h7-8H,3-6H2,1-2H3/t7-,8-/m1/s1. The Bertz CT molecular complexity index is 184. The third-order valence-electron chi connectivity index (χ3n) is 2.30. The van der Waals surface area contributed by atoms with Gasteiger partial charge in [0.25, 0.3) is 0 Å². The van der Waals surface area contributed by atoms with Gasteiger partial charge in [-0.05, 0) is 12.8 Å². The lowest BCUT2D eigenvalue weighted by Gasteiger charge is -2.23. The Labute approximate surface area is 83.6 Å². The van der Waals surface area contributed by atoms with Crippen molar-refractivity contribution in [1.82, 2.24) is 0 Å². The molecular weight excluding hydrogens is 184 g/mol. The molecular formula is C10H16O4. The fourth-order valence-corrected chi connectivity index (χ4v) is 1.38. The molecule has 0 amide bonds. The average Bonchev–Trinajstić information content (AvgIpc) is 2.13. The second kappa shape index (κ2) is 4.98. The van der Waals surface area contributed by atoms with Crippen molar-refractivity contribution in [3.8, 4) is 0 Å². The van der Waals surface area contributed by atoms with Crippen LogP contribution in [0.2, 0.25) is 0 Å². The fourth-order valence-electron chi connectivity index (χ4n) is 1.38. The van der Waals surface area contributed by atoms with E-state index in [9.17, 15) is 9.59 Å². The second-order valence-electron chi connectivity index (χ2n) is 3.45. The van der Waals surface area contributed by atoms with E-state index >= 15 is 0 Å². The van der Waals surface area contributed by atoms with Crippen LogP contribution in [0.1, 0.15) is 39.5 Å². The second-order valence-corrected chi connectivity index (χ2v) is 3.45. The first-order chi connectivity index (χ1) is 6.65. The van der Waals surface area contributed by atoms with Crippen LogP contribution in [-0.4, -0.2) is 24.1 Å². The summed E-state index contributed by atoms with van der Waals surface area (Å²) in [5.74, 6) is -0.535. The van der Waals surface area contributed by atoms with Gasteiger partial charge in [-0.3, -0.25) is 9.59 Å². The summed E-state index contributed by atoms with van der Waals surface area (Å²) >= 11 is 0. The highest BCUT2D eigenvalue weighted by Gasteiger charge is 2.26. The Kier molecular flexibility index (Phi) is 3.92. The van der Waals surface area contributed by atoms with Gasteiger partial charge >= 0.3 is 11.9 Å². The van der Waals surface area contributed by atoms with Gasteiger partial charge in [0.05, 0.1) is 12.8 Å². The lowest BCUT2D eigenvalue weighted by molar-refractivity contribution is -0.168. The van der Waals surface area contributed by atoms with Crippen LogP contribution in [0.3, 0.4) is 0 Å². The van der Waals surface area contributed by atoms with E-state index in [2.05, 4.69) is 0 Å². The number of rotatable bonds is 2. The van der Waals surface area contributed by atoms with Gasteiger partial charge in [-0.25, -0.2) is 0 Å². The third kappa shape index (κ3) is 3.01. The molecule has 0 aromatic heterocycles. The summed E-state index contributed by atoms with van der Waals surface area (Å²) in [6, 6.07) is 0. The Morgan fingerprint density at radius 1 is 1.00 bits per heavy atom. The summed E-state index contributed by atoms with van der Waals surface area (Å²) in [6.07, 6.45) is 1.04. The molecule has 0 aromatic carbocycles. The molecule has 1 aliphatic rings. The highest BCUT2D eigenvalue weighted by Crippen LogP contribution is 2.15. The topological polar surface area (TPSA) is 52.6 Å². The highest BCUT2D eigenvalue weighted by atomic mass is 16.6. The maximum Gasteiger partial charge on any atom is 0.309 e. The van der Waals surface area contributed by atoms with Crippen LogP contribution in [0.15, 0.2) is 0 Å². The maximum atomic E-state index is 11.3. The minimum Gasteiger partial charge on any atom is -0.462 e. The van der Waals surface area contributed by atoms with Crippen LogP contribution in [0.25, 0.3) is 0 Å². The molecule has 0 aromatic rings. The molecule has 0 radical (unpaired) electrons. The molecule has 0 saturated carbocycles. The molecule has 0 spiro atoms. The molecule has 0 N–H and O–H groups in total. The minimum absolute atomic E-state index is 0.179. The van der Waals surface area contributed by atoms with E-state index in [4.69, 9.17) is 9.47 Å². The Morgan fingerprint density at radius 3 is 1.64 bits per heavy atom. The first-order valence-electron chi connectivity index (χ1n) is 5.04. The van der Waals surface area contributed by atoms with E-state index in [-0.39, 0.29) is 37.0 Å². The summed E-state index contributed by atoms with van der Waals surface area (Å²) in [5.41, 5.74) is 0. The number of esters is 2. The van der Waals surface area contributed by atoms with Crippen LogP contribution in [0, 0.1) is 0 Å². The van der Waals surface area contributed by atoms with E-state index < -0.39 is 0 Å². The largest absolute Gasteiger partial charge is 0.462 e. The summed E-state index contributed by atoms with van der Waals surface area (Å²) in [4.78, 5) is 22.5. The SMILES string of the molecule is CC[C@@H]1CC(=O)O[C@H](CC)CC(=O)O1. The van der Waals surface area contributed by atoms with E-state index in [1.807, 2.05) is 13.8 Å². The smallest absolute Gasteiger partial charge is 0.309 e. The van der Waals surface area contributed by atoms with Gasteiger partial charge in [0.15, 0.2) is 0 Å². The average molecular weight is 200 g/mol. The normalized spacial score (nSPS) is 28.7. The summed E-state index contributed by atoms with van der Waals surface area (Å²) in [6.45, 7) is 3.76. The van der Waals surface area contributed by atoms with Crippen LogP contribution in [-0.2, 0) is 19.1 Å². The molecule has 4 heteroatoms. The highest BCUT2D eigenvalue weighted by molar-refractivity contribution is 5.75. The summed E-state index contributed by atoms with van der Waals surface area (Å²) < 4.78 is 10.2. The van der Waals surface area contributed by atoms with Gasteiger partial charge < -0.3 is 9.47 Å². The number of carbonyl (C=O) groups excluding carboxylic acids is 2. The van der Waals surface area contributed by atoms with Gasteiger partial charge in [-0.15, -0.1) is 0 Å². The first kappa shape index (κ1) is 11.0. The van der Waals surface area contributed by atoms with E-state index in [1.54, 1.807) is 0 Å². The van der Waals surface area contributed by atoms with Crippen molar-refractivity contribution in [3.05, 3.63) is 0 Å². The zero-order valence-corrected chi connectivity index (χ0v) is 8.62. The van der Waals surface area contributed by atoms with Gasteiger partial charge in [0.2, 0.25) is 0 Å². The number of hydrogen-bond acceptors (Lipinski definition) is 4. The molecule has 1 aliphatic heterocycles. The molecule has 0 aliphatic carbocycles. The molecule has 1 fully saturated rings. The molecule has 4 nitrogen and oxygen atoms in total. The Hall–Kier alpha value is -1.06. The molecule has 80 valence electrons. The zero-order valence-electron chi connectivity index (χ0n) is 8.62. The predicted octanol–water partition coefficient (Wildman–Crippen LogP) is 1.42. The van der Waals surface area contributed by atoms with E-state index in [1.165, 1.54) is 0 Å². The van der Waals surface area contributed by atoms with Crippen LogP contribution in [0.4, 0.5) is 0 Å². The van der Waals surface area contributed by atoms with Crippen molar-refractivity contribution < 1.29 is 19.1 Å². The van der Waals surface area contributed by atoms with Crippen LogP contribution >= 0.6 is 0 Å². The first-order valence-corrected chi connectivity index (χ1v) is 5.04. The lowest BCUT2D eigenvalue weighted by atomic mass is 10.1. The summed E-state index contributed by atoms with van der Waals surface area (Å²) in [7, 11) is 0. The van der Waals surface area contributed by atoms with Gasteiger partial charge in [-0.2, -0.15) is 0 Å². The Balaban J connectivity index is 2.60. The van der Waals surface area contributed by atoms with Gasteiger partial charge in [-0.1, -0.05) is 13.8 Å². The molecule has 2 atom stereocenters. The molecule has 0 unspecified atom stereocenters. The maximum absolute atomic E-state index is 11.3. The molecule has 14 heavy (non-hydrogen) atoms. The lowest BCUT2D eigenvalue weighted by Crippen LogP contribution is -2.31. The van der Waals surface area contributed by atoms with E-state index in [0.29, 0.717) is 12.8 Å². The van der Waals surface area contributed by atoms with Crippen molar-refractivity contribution in [3.63, 3.8) is 0 Å². The third-order valence-corrected chi connectivity index (χ3v) is 2.30. The van der Waals surface area contributed by atoms with Crippen molar-refractivity contribution in [2.75, 3.05) is 0 Å². The van der Waals surface area contributed by atoms with Crippen molar-refractivity contribution in [1.29, 1.82) is 0 Å². The van der Waals surface area contributed by atoms with Crippen molar-refractivity contribution >= 4 is 11.9 Å². The minimum atomic E-state index is -0.312. The predicted molar refractivity (Wildman–Crippen MR) is 49.6 cm³/mol. The van der Waals surface area contributed by atoms with E-state index in [0.717, 1.165) is 0 Å². The van der Waals surface area contributed by atoms with Crippen molar-refractivity contribution in [2.24, 2.45) is 0 Å². The van der Waals surface area contributed by atoms with Crippen molar-refractivity contribution in [2.45, 2.75) is 51.7 Å². The monoisotopic (exact) mass is 200 g/mol. The Morgan fingerprint density at radius 2 is 1.36 bits per heavy atom. The van der Waals surface area contributed by atoms with Gasteiger partial charge in [0, 0.05) is 0 Å². The summed E-state index contributed by atoms with van der Waals surface area (Å²) in [5, 5.41) is 0. The molecule has 1 saturated heterocycles. The quantitative estimate of drug-likeness (QED) is 0.633. The number of cyclic esters (lactones) is 2. The number of carbonyl (C=O) groups is 2. The van der Waals surface area contributed by atoms with Crippen LogP contribution in [0.5, 0.6) is 0 Å². The molecule has 1 heterocycles. The van der Waals surface area contributed by atoms with Gasteiger partial charge in [0.1, 0.15) is 12.2 Å².